The molecule has 0 fully saturated rings. The van der Waals surface area contributed by atoms with E-state index < -0.39 is 0 Å². The minimum atomic E-state index is 0.112. The molecule has 1 atom stereocenters. The fourth-order valence-electron chi connectivity index (χ4n) is 3.42. The number of carbonyl (C=O) groups excluding carboxylic acids is 1. The fourth-order valence-corrected chi connectivity index (χ4v) is 4.49. The van der Waals surface area contributed by atoms with E-state index in [1.54, 1.807) is 29.6 Å². The highest BCUT2D eigenvalue weighted by Crippen LogP contribution is 2.33. The molecule has 2 aromatic heterocycles. The van der Waals surface area contributed by atoms with Crippen molar-refractivity contribution in [1.29, 1.82) is 0 Å². The molecule has 0 aliphatic heterocycles. The summed E-state index contributed by atoms with van der Waals surface area (Å²) >= 11 is 1.64. The number of rotatable bonds is 6. The van der Waals surface area contributed by atoms with Crippen LogP contribution in [0.4, 0.5) is 0 Å². The number of fused-ring (bicyclic) bond motifs is 2. The Balaban J connectivity index is 1.58. The van der Waals surface area contributed by atoms with Gasteiger partial charge in [0.05, 0.1) is 18.4 Å². The summed E-state index contributed by atoms with van der Waals surface area (Å²) < 4.78 is 6.87. The Morgan fingerprint density at radius 1 is 1.21 bits per heavy atom. The Hall–Kier alpha value is -2.41. The van der Waals surface area contributed by atoms with Crippen LogP contribution < -0.4 is 4.74 Å². The number of hydrogen-bond donors (Lipinski definition) is 0. The van der Waals surface area contributed by atoms with E-state index in [-0.39, 0.29) is 11.7 Å². The molecule has 0 saturated heterocycles. The van der Waals surface area contributed by atoms with Crippen molar-refractivity contribution in [3.8, 4) is 5.75 Å². The van der Waals surface area contributed by atoms with E-state index in [4.69, 9.17) is 4.74 Å². The number of ketones is 1. The molecule has 3 aromatic rings. The zero-order valence-electron chi connectivity index (χ0n) is 16.4. The van der Waals surface area contributed by atoms with Gasteiger partial charge < -0.3 is 4.74 Å². The van der Waals surface area contributed by atoms with Crippen molar-refractivity contribution in [2.75, 3.05) is 12.9 Å². The van der Waals surface area contributed by atoms with E-state index in [1.807, 2.05) is 24.3 Å². The molecule has 0 amide bonds. The second-order valence-corrected chi connectivity index (χ2v) is 8.63. The van der Waals surface area contributed by atoms with Crippen LogP contribution in [0.3, 0.4) is 0 Å². The quantitative estimate of drug-likeness (QED) is 0.582. The minimum Gasteiger partial charge on any atom is -0.497 e. The van der Waals surface area contributed by atoms with Crippen LogP contribution >= 0.6 is 11.8 Å². The van der Waals surface area contributed by atoms with Gasteiger partial charge in [0.15, 0.2) is 5.78 Å². The van der Waals surface area contributed by atoms with Crippen LogP contribution in [0, 0.1) is 5.92 Å². The van der Waals surface area contributed by atoms with Crippen LogP contribution in [0.25, 0.3) is 5.78 Å². The predicted octanol–water partition coefficient (Wildman–Crippen LogP) is 4.18. The normalized spacial score (nSPS) is 16.6. The number of thioether (sulfide) groups is 1. The highest BCUT2D eigenvalue weighted by Gasteiger charge is 2.28. The number of hydrogen-bond acceptors (Lipinski definition) is 6. The SMILES string of the molecule is COc1ccc([C@@H]2CC(=O)c3cn4nc(SCCC(C)C)nc4nc3C2)cc1. The molecule has 1 aliphatic rings. The van der Waals surface area contributed by atoms with Crippen LogP contribution in [0.15, 0.2) is 35.6 Å². The highest BCUT2D eigenvalue weighted by atomic mass is 32.2. The molecule has 28 heavy (non-hydrogen) atoms. The second kappa shape index (κ2) is 7.91. The summed E-state index contributed by atoms with van der Waals surface area (Å²) in [6.07, 6.45) is 4.12. The van der Waals surface area contributed by atoms with Gasteiger partial charge in [-0.2, -0.15) is 4.98 Å². The molecule has 0 bridgehead atoms. The first-order valence-corrected chi connectivity index (χ1v) is 10.6. The van der Waals surface area contributed by atoms with Crippen molar-refractivity contribution >= 4 is 23.3 Å². The molecule has 1 aromatic carbocycles. The standard InChI is InChI=1S/C21H24N4O2S/c1-13(2)8-9-28-21-23-20-22-18-10-15(14-4-6-16(27-3)7-5-14)11-19(26)17(18)12-25(20)24-21/h4-7,12-13,15H,8-11H2,1-3H3/t15-/m0/s1. The van der Waals surface area contributed by atoms with Gasteiger partial charge in [0.1, 0.15) is 5.75 Å². The third-order valence-electron chi connectivity index (χ3n) is 5.08. The number of carbonyl (C=O) groups is 1. The van der Waals surface area contributed by atoms with E-state index in [9.17, 15) is 4.79 Å². The molecule has 0 spiro atoms. The van der Waals surface area contributed by atoms with Crippen LogP contribution in [-0.2, 0) is 6.42 Å². The van der Waals surface area contributed by atoms with E-state index >= 15 is 0 Å². The monoisotopic (exact) mass is 396 g/mol. The first kappa shape index (κ1) is 18.9. The average molecular weight is 397 g/mol. The molecule has 4 rings (SSSR count). The van der Waals surface area contributed by atoms with E-state index in [2.05, 4.69) is 28.9 Å². The number of aromatic nitrogens is 4. The van der Waals surface area contributed by atoms with Gasteiger partial charge in [-0.15, -0.1) is 5.10 Å². The lowest BCUT2D eigenvalue weighted by Crippen LogP contribution is -2.21. The zero-order chi connectivity index (χ0) is 19.7. The van der Waals surface area contributed by atoms with Gasteiger partial charge in [0.25, 0.3) is 5.78 Å². The topological polar surface area (TPSA) is 69.4 Å². The third-order valence-corrected chi connectivity index (χ3v) is 5.95. The Kier molecular flexibility index (Phi) is 5.35. The molecule has 0 saturated carbocycles. The van der Waals surface area contributed by atoms with E-state index in [0.29, 0.717) is 23.7 Å². The molecule has 7 heteroatoms. The van der Waals surface area contributed by atoms with Crippen molar-refractivity contribution in [3.63, 3.8) is 0 Å². The number of nitrogens with zero attached hydrogens (tertiary/aromatic N) is 4. The summed E-state index contributed by atoms with van der Waals surface area (Å²) in [6, 6.07) is 7.93. The summed E-state index contributed by atoms with van der Waals surface area (Å²) in [6.45, 7) is 4.41. The fraction of sp³-hybridized carbons (Fsp3) is 0.429. The van der Waals surface area contributed by atoms with Crippen molar-refractivity contribution in [3.05, 3.63) is 47.3 Å². The van der Waals surface area contributed by atoms with Gasteiger partial charge in [-0.1, -0.05) is 37.7 Å². The molecule has 6 nitrogen and oxygen atoms in total. The number of ether oxygens (including phenoxy) is 1. The first-order chi connectivity index (χ1) is 13.5. The summed E-state index contributed by atoms with van der Waals surface area (Å²) in [7, 11) is 1.65. The Labute approximate surface area is 168 Å². The van der Waals surface area contributed by atoms with Gasteiger partial charge in [0.2, 0.25) is 5.16 Å². The lowest BCUT2D eigenvalue weighted by molar-refractivity contribution is 0.0962. The van der Waals surface area contributed by atoms with Crippen LogP contribution in [0.5, 0.6) is 5.75 Å². The highest BCUT2D eigenvalue weighted by molar-refractivity contribution is 7.99. The molecule has 2 heterocycles. The smallest absolute Gasteiger partial charge is 0.253 e. The lowest BCUT2D eigenvalue weighted by atomic mass is 9.82. The molecule has 0 unspecified atom stereocenters. The van der Waals surface area contributed by atoms with Gasteiger partial charge >= 0.3 is 0 Å². The van der Waals surface area contributed by atoms with Gasteiger partial charge in [0, 0.05) is 18.4 Å². The maximum Gasteiger partial charge on any atom is 0.253 e. The maximum absolute atomic E-state index is 12.8. The van der Waals surface area contributed by atoms with Crippen molar-refractivity contribution in [1.82, 2.24) is 19.6 Å². The summed E-state index contributed by atoms with van der Waals surface area (Å²) in [5.41, 5.74) is 2.62. The summed E-state index contributed by atoms with van der Waals surface area (Å²) in [5, 5.41) is 5.21. The number of methoxy groups -OCH3 is 1. The third kappa shape index (κ3) is 3.90. The molecule has 0 N–H and O–H groups in total. The number of benzene rings is 1. The predicted molar refractivity (Wildman–Crippen MR) is 109 cm³/mol. The van der Waals surface area contributed by atoms with E-state index in [0.717, 1.165) is 40.8 Å². The van der Waals surface area contributed by atoms with E-state index in [1.165, 1.54) is 0 Å². The first-order valence-electron chi connectivity index (χ1n) is 9.59. The lowest BCUT2D eigenvalue weighted by Gasteiger charge is -2.23. The average Bonchev–Trinajstić information content (AvgIpc) is 3.08. The van der Waals surface area contributed by atoms with Gasteiger partial charge in [-0.25, -0.2) is 9.50 Å². The largest absolute Gasteiger partial charge is 0.497 e. The van der Waals surface area contributed by atoms with Crippen molar-refractivity contribution in [2.45, 2.75) is 44.2 Å². The summed E-state index contributed by atoms with van der Waals surface area (Å²) in [4.78, 5) is 22.0. The molecular formula is C21H24N4O2S. The zero-order valence-corrected chi connectivity index (χ0v) is 17.2. The Bertz CT molecular complexity index is 998. The molecule has 0 radical (unpaired) electrons. The van der Waals surface area contributed by atoms with Crippen molar-refractivity contribution in [2.24, 2.45) is 5.92 Å². The Morgan fingerprint density at radius 3 is 2.71 bits per heavy atom. The van der Waals surface area contributed by atoms with Crippen LogP contribution in [0.2, 0.25) is 0 Å². The van der Waals surface area contributed by atoms with Crippen LogP contribution in [-0.4, -0.2) is 38.2 Å². The minimum absolute atomic E-state index is 0.112. The molecule has 146 valence electrons. The number of Topliss-reactive ketones (excluding diaryl/α,β-unsaturated/α-hetero) is 1. The second-order valence-electron chi connectivity index (χ2n) is 7.57. The molecule has 1 aliphatic carbocycles. The summed E-state index contributed by atoms with van der Waals surface area (Å²) in [5.74, 6) is 3.25. The van der Waals surface area contributed by atoms with Gasteiger partial charge in [-0.3, -0.25) is 4.79 Å². The molecular weight excluding hydrogens is 372 g/mol. The van der Waals surface area contributed by atoms with Crippen LogP contribution in [0.1, 0.15) is 54.2 Å². The van der Waals surface area contributed by atoms with Gasteiger partial charge in [-0.05, 0) is 42.4 Å². The Morgan fingerprint density at radius 2 is 2.00 bits per heavy atom. The van der Waals surface area contributed by atoms with Crippen molar-refractivity contribution < 1.29 is 9.53 Å². The maximum atomic E-state index is 12.8.